The van der Waals surface area contributed by atoms with Gasteiger partial charge in [0.25, 0.3) is 5.91 Å². The van der Waals surface area contributed by atoms with E-state index in [4.69, 9.17) is 14.2 Å². The van der Waals surface area contributed by atoms with Gasteiger partial charge in [-0.15, -0.1) is 0 Å². The lowest BCUT2D eigenvalue weighted by Crippen LogP contribution is -2.24. The van der Waals surface area contributed by atoms with Gasteiger partial charge in [-0.05, 0) is 59.2 Å². The maximum Gasteiger partial charge on any atom is 0.343 e. The summed E-state index contributed by atoms with van der Waals surface area (Å²) in [6, 6.07) is 31.1. The minimum atomic E-state index is -0.489. The van der Waals surface area contributed by atoms with Crippen molar-refractivity contribution in [3.8, 4) is 28.4 Å². The SMILES string of the molecule is COc1cc(C=NNC(=O)COc2ccc(-c3ccccc3)cc2)ccc1OC(=O)c1ccccc1. The Balaban J connectivity index is 1.28. The van der Waals surface area contributed by atoms with Crippen LogP contribution in [0.15, 0.2) is 108 Å². The highest BCUT2D eigenvalue weighted by molar-refractivity contribution is 5.91. The van der Waals surface area contributed by atoms with Gasteiger partial charge in [0.1, 0.15) is 5.75 Å². The molecule has 0 spiro atoms. The van der Waals surface area contributed by atoms with Crippen LogP contribution < -0.4 is 19.6 Å². The molecule has 4 aromatic rings. The number of nitrogens with zero attached hydrogens (tertiary/aromatic N) is 1. The number of rotatable bonds is 9. The van der Waals surface area contributed by atoms with Crippen molar-refractivity contribution >= 4 is 18.1 Å². The van der Waals surface area contributed by atoms with E-state index in [2.05, 4.69) is 10.5 Å². The average Bonchev–Trinajstić information content (AvgIpc) is 2.94. The Morgan fingerprint density at radius 3 is 2.17 bits per heavy atom. The molecule has 4 aromatic carbocycles. The minimum Gasteiger partial charge on any atom is -0.493 e. The van der Waals surface area contributed by atoms with Crippen LogP contribution in [0.3, 0.4) is 0 Å². The Kier molecular flexibility index (Phi) is 8.07. The number of ether oxygens (including phenoxy) is 3. The van der Waals surface area contributed by atoms with Crippen LogP contribution in [-0.4, -0.2) is 31.8 Å². The van der Waals surface area contributed by atoms with E-state index in [1.54, 1.807) is 42.5 Å². The van der Waals surface area contributed by atoms with Crippen LogP contribution in [0.2, 0.25) is 0 Å². The topological polar surface area (TPSA) is 86.2 Å². The molecule has 0 fully saturated rings. The fourth-order valence-electron chi connectivity index (χ4n) is 3.32. The number of nitrogens with one attached hydrogen (secondary N) is 1. The summed E-state index contributed by atoms with van der Waals surface area (Å²) < 4.78 is 16.3. The standard InChI is InChI=1S/C29H24N2O5/c1-34-27-18-21(12-17-26(27)36-29(33)24-10-6-3-7-11-24)19-30-31-28(32)20-35-25-15-13-23(14-16-25)22-8-4-2-5-9-22/h2-19H,20H2,1H3,(H,31,32). The first-order valence-electron chi connectivity index (χ1n) is 11.2. The average molecular weight is 481 g/mol. The van der Waals surface area contributed by atoms with E-state index in [9.17, 15) is 9.59 Å². The third kappa shape index (κ3) is 6.57. The molecule has 0 saturated heterocycles. The van der Waals surface area contributed by atoms with Gasteiger partial charge in [-0.1, -0.05) is 60.7 Å². The number of carbonyl (C=O) groups is 2. The van der Waals surface area contributed by atoms with E-state index < -0.39 is 11.9 Å². The number of esters is 1. The smallest absolute Gasteiger partial charge is 0.343 e. The van der Waals surface area contributed by atoms with Crippen LogP contribution in [0.1, 0.15) is 15.9 Å². The maximum atomic E-state index is 12.3. The van der Waals surface area contributed by atoms with Crippen LogP contribution in [0.5, 0.6) is 17.2 Å². The van der Waals surface area contributed by atoms with Gasteiger partial charge in [-0.3, -0.25) is 4.79 Å². The van der Waals surface area contributed by atoms with Crippen LogP contribution in [-0.2, 0) is 4.79 Å². The first-order valence-corrected chi connectivity index (χ1v) is 11.2. The van der Waals surface area contributed by atoms with Gasteiger partial charge in [0.15, 0.2) is 18.1 Å². The number of hydrazone groups is 1. The summed E-state index contributed by atoms with van der Waals surface area (Å²) in [6.07, 6.45) is 1.46. The molecule has 0 aromatic heterocycles. The maximum absolute atomic E-state index is 12.3. The van der Waals surface area contributed by atoms with Gasteiger partial charge in [-0.2, -0.15) is 5.10 Å². The molecule has 1 amide bonds. The van der Waals surface area contributed by atoms with Crippen molar-refractivity contribution in [1.82, 2.24) is 5.43 Å². The summed E-state index contributed by atoms with van der Waals surface area (Å²) in [5, 5.41) is 3.95. The summed E-state index contributed by atoms with van der Waals surface area (Å²) >= 11 is 0. The summed E-state index contributed by atoms with van der Waals surface area (Å²) in [5.74, 6) is 0.325. The number of methoxy groups -OCH3 is 1. The molecule has 0 aliphatic heterocycles. The first-order chi connectivity index (χ1) is 17.6. The third-order valence-corrected chi connectivity index (χ3v) is 5.13. The zero-order chi connectivity index (χ0) is 25.2. The van der Waals surface area contributed by atoms with Crippen LogP contribution in [0.4, 0.5) is 0 Å². The van der Waals surface area contributed by atoms with Gasteiger partial charge in [0, 0.05) is 0 Å². The zero-order valence-corrected chi connectivity index (χ0v) is 19.6. The van der Waals surface area contributed by atoms with E-state index >= 15 is 0 Å². The van der Waals surface area contributed by atoms with E-state index in [1.165, 1.54) is 13.3 Å². The molecule has 0 saturated carbocycles. The Hall–Kier alpha value is -4.91. The highest BCUT2D eigenvalue weighted by atomic mass is 16.6. The summed E-state index contributed by atoms with van der Waals surface area (Å²) in [5.41, 5.74) is 5.67. The second kappa shape index (κ2) is 12.0. The predicted molar refractivity (Wildman–Crippen MR) is 138 cm³/mol. The molecule has 7 nitrogen and oxygen atoms in total. The third-order valence-electron chi connectivity index (χ3n) is 5.13. The molecule has 0 bridgehead atoms. The lowest BCUT2D eigenvalue weighted by atomic mass is 10.1. The summed E-state index contributed by atoms with van der Waals surface area (Å²) in [4.78, 5) is 24.4. The molecule has 0 aliphatic carbocycles. The molecule has 0 radical (unpaired) electrons. The quantitative estimate of drug-likeness (QED) is 0.156. The van der Waals surface area contributed by atoms with E-state index in [1.807, 2.05) is 60.7 Å². The Labute approximate surface area is 209 Å². The fraction of sp³-hybridized carbons (Fsp3) is 0.0690. The lowest BCUT2D eigenvalue weighted by Gasteiger charge is -2.10. The molecule has 180 valence electrons. The van der Waals surface area contributed by atoms with E-state index in [-0.39, 0.29) is 12.4 Å². The molecule has 7 heteroatoms. The molecular formula is C29H24N2O5. The van der Waals surface area contributed by atoms with Gasteiger partial charge < -0.3 is 14.2 Å². The zero-order valence-electron chi connectivity index (χ0n) is 19.6. The first kappa shape index (κ1) is 24.2. The number of benzene rings is 4. The molecule has 0 heterocycles. The normalized spacial score (nSPS) is 10.6. The number of hydrogen-bond acceptors (Lipinski definition) is 6. The van der Waals surface area contributed by atoms with Crippen LogP contribution >= 0.6 is 0 Å². The summed E-state index contributed by atoms with van der Waals surface area (Å²) in [6.45, 7) is -0.181. The molecule has 4 rings (SSSR count). The molecule has 0 atom stereocenters. The molecule has 0 unspecified atom stereocenters. The summed E-state index contributed by atoms with van der Waals surface area (Å²) in [7, 11) is 1.47. The van der Waals surface area contributed by atoms with Crippen LogP contribution in [0, 0.1) is 0 Å². The Morgan fingerprint density at radius 1 is 0.806 bits per heavy atom. The molecule has 0 aliphatic rings. The highest BCUT2D eigenvalue weighted by Gasteiger charge is 2.12. The van der Waals surface area contributed by atoms with Crippen molar-refractivity contribution in [2.75, 3.05) is 13.7 Å². The van der Waals surface area contributed by atoms with Crippen molar-refractivity contribution in [2.24, 2.45) is 5.10 Å². The minimum absolute atomic E-state index is 0.181. The Bertz CT molecular complexity index is 1340. The fourth-order valence-corrected chi connectivity index (χ4v) is 3.32. The van der Waals surface area contributed by atoms with Crippen LogP contribution in [0.25, 0.3) is 11.1 Å². The van der Waals surface area contributed by atoms with Crippen molar-refractivity contribution < 1.29 is 23.8 Å². The Morgan fingerprint density at radius 2 is 1.47 bits per heavy atom. The second-order valence-corrected chi connectivity index (χ2v) is 7.64. The lowest BCUT2D eigenvalue weighted by molar-refractivity contribution is -0.123. The van der Waals surface area contributed by atoms with Gasteiger partial charge in [0.2, 0.25) is 0 Å². The molecular weight excluding hydrogens is 456 g/mol. The number of carbonyl (C=O) groups excluding carboxylic acids is 2. The number of amides is 1. The van der Waals surface area contributed by atoms with Crippen molar-refractivity contribution in [1.29, 1.82) is 0 Å². The van der Waals surface area contributed by atoms with E-state index in [0.717, 1.165) is 11.1 Å². The molecule has 36 heavy (non-hydrogen) atoms. The second-order valence-electron chi connectivity index (χ2n) is 7.64. The predicted octanol–water partition coefficient (Wildman–Crippen LogP) is 5.11. The van der Waals surface area contributed by atoms with E-state index in [0.29, 0.717) is 22.6 Å². The van der Waals surface area contributed by atoms with Gasteiger partial charge in [-0.25, -0.2) is 10.2 Å². The van der Waals surface area contributed by atoms with Gasteiger partial charge >= 0.3 is 5.97 Å². The van der Waals surface area contributed by atoms with Gasteiger partial charge in [0.05, 0.1) is 18.9 Å². The number of hydrogen-bond donors (Lipinski definition) is 1. The van der Waals surface area contributed by atoms with Crippen molar-refractivity contribution in [3.63, 3.8) is 0 Å². The molecule has 1 N–H and O–H groups in total. The highest BCUT2D eigenvalue weighted by Crippen LogP contribution is 2.28. The monoisotopic (exact) mass is 480 g/mol. The largest absolute Gasteiger partial charge is 0.493 e. The van der Waals surface area contributed by atoms with Crippen molar-refractivity contribution in [3.05, 3.63) is 114 Å². The van der Waals surface area contributed by atoms with Crippen molar-refractivity contribution in [2.45, 2.75) is 0 Å².